The molecule has 29 heavy (non-hydrogen) atoms. The lowest BCUT2D eigenvalue weighted by molar-refractivity contribution is -0.147. The van der Waals surface area contributed by atoms with Gasteiger partial charge in [0.2, 0.25) is 0 Å². The molecule has 0 aliphatic heterocycles. The van der Waals surface area contributed by atoms with E-state index in [2.05, 4.69) is 10.4 Å². The summed E-state index contributed by atoms with van der Waals surface area (Å²) in [7, 11) is 0. The lowest BCUT2D eigenvalue weighted by atomic mass is 10.0. The van der Waals surface area contributed by atoms with Crippen LogP contribution in [0.15, 0.2) is 28.9 Å². The molecule has 7 heteroatoms. The fraction of sp³-hybridized carbons (Fsp3) is 0.409. The number of furan rings is 1. The summed E-state index contributed by atoms with van der Waals surface area (Å²) in [6.07, 6.45) is 2.39. The van der Waals surface area contributed by atoms with Crippen molar-refractivity contribution in [2.75, 3.05) is 13.2 Å². The first-order valence-electron chi connectivity index (χ1n) is 9.74. The quantitative estimate of drug-likeness (QED) is 0.466. The maximum absolute atomic E-state index is 12.1. The normalized spacial score (nSPS) is 11.0. The van der Waals surface area contributed by atoms with Crippen LogP contribution in [0.3, 0.4) is 0 Å². The smallest absolute Gasteiger partial charge is 0.310 e. The minimum atomic E-state index is -0.455. The van der Waals surface area contributed by atoms with Crippen LogP contribution in [0.5, 0.6) is 0 Å². The van der Waals surface area contributed by atoms with E-state index in [1.165, 1.54) is 0 Å². The molecule has 7 nitrogen and oxygen atoms in total. The molecule has 1 amide bonds. The fourth-order valence-electron chi connectivity index (χ4n) is 3.23. The lowest BCUT2D eigenvalue weighted by Crippen LogP contribution is -2.30. The number of aromatic nitrogens is 2. The number of rotatable bonds is 8. The van der Waals surface area contributed by atoms with Gasteiger partial charge in [0.25, 0.3) is 5.91 Å². The van der Waals surface area contributed by atoms with Crippen LogP contribution in [0.1, 0.15) is 34.5 Å². The molecule has 1 aromatic carbocycles. The van der Waals surface area contributed by atoms with Gasteiger partial charge in [-0.05, 0) is 63.4 Å². The summed E-state index contributed by atoms with van der Waals surface area (Å²) in [6, 6.07) is 5.98. The number of carbonyl (C=O) groups excluding carboxylic acids is 2. The van der Waals surface area contributed by atoms with Crippen LogP contribution in [-0.4, -0.2) is 34.8 Å². The molecule has 0 unspecified atom stereocenters. The van der Waals surface area contributed by atoms with Gasteiger partial charge in [-0.1, -0.05) is 0 Å². The van der Waals surface area contributed by atoms with E-state index < -0.39 is 5.97 Å². The van der Waals surface area contributed by atoms with Gasteiger partial charge in [0.05, 0.1) is 18.4 Å². The van der Waals surface area contributed by atoms with E-state index in [1.807, 2.05) is 50.6 Å². The number of amides is 1. The van der Waals surface area contributed by atoms with E-state index in [-0.39, 0.29) is 18.9 Å². The van der Waals surface area contributed by atoms with Crippen molar-refractivity contribution in [1.29, 1.82) is 0 Å². The molecule has 0 saturated heterocycles. The summed E-state index contributed by atoms with van der Waals surface area (Å²) in [5.74, 6) is -0.765. The van der Waals surface area contributed by atoms with Crippen LogP contribution in [0.4, 0.5) is 0 Å². The average Bonchev–Trinajstić information content (AvgIpc) is 3.19. The van der Waals surface area contributed by atoms with Gasteiger partial charge in [0.15, 0.2) is 6.61 Å². The molecule has 3 aromatic rings. The Balaban J connectivity index is 1.40. The molecule has 0 bridgehead atoms. The van der Waals surface area contributed by atoms with Gasteiger partial charge in [0, 0.05) is 29.7 Å². The molecule has 0 aliphatic carbocycles. The zero-order valence-electron chi connectivity index (χ0n) is 17.4. The highest BCUT2D eigenvalue weighted by Crippen LogP contribution is 2.25. The molecular weight excluding hydrogens is 370 g/mol. The molecular formula is C22H27N3O4. The van der Waals surface area contributed by atoms with E-state index in [0.29, 0.717) is 6.54 Å². The number of nitrogens with zero attached hydrogens (tertiary/aromatic N) is 2. The summed E-state index contributed by atoms with van der Waals surface area (Å²) in [4.78, 5) is 24.0. The highest BCUT2D eigenvalue weighted by molar-refractivity contribution is 5.87. The Morgan fingerprint density at radius 2 is 1.90 bits per heavy atom. The van der Waals surface area contributed by atoms with Crippen LogP contribution in [0.2, 0.25) is 0 Å². The van der Waals surface area contributed by atoms with Gasteiger partial charge in [-0.15, -0.1) is 0 Å². The van der Waals surface area contributed by atoms with Crippen LogP contribution in [0.25, 0.3) is 11.0 Å². The van der Waals surface area contributed by atoms with E-state index in [9.17, 15) is 9.59 Å². The largest absolute Gasteiger partial charge is 0.464 e. The Hall–Kier alpha value is -3.09. The summed E-state index contributed by atoms with van der Waals surface area (Å²) < 4.78 is 12.6. The topological polar surface area (TPSA) is 86.4 Å². The van der Waals surface area contributed by atoms with Gasteiger partial charge in [-0.25, -0.2) is 0 Å². The highest BCUT2D eigenvalue weighted by Gasteiger charge is 2.14. The fourth-order valence-corrected chi connectivity index (χ4v) is 3.23. The minimum Gasteiger partial charge on any atom is -0.464 e. The third-order valence-electron chi connectivity index (χ3n) is 4.94. The Morgan fingerprint density at radius 3 is 2.62 bits per heavy atom. The molecule has 2 heterocycles. The number of aryl methyl sites for hydroxylation is 5. The molecule has 0 aliphatic rings. The van der Waals surface area contributed by atoms with Crippen LogP contribution < -0.4 is 5.32 Å². The van der Waals surface area contributed by atoms with Crippen molar-refractivity contribution in [3.63, 3.8) is 0 Å². The van der Waals surface area contributed by atoms with Crippen molar-refractivity contribution in [3.05, 3.63) is 52.5 Å². The molecule has 0 radical (unpaired) electrons. The summed E-state index contributed by atoms with van der Waals surface area (Å²) in [6.45, 7) is 8.93. The van der Waals surface area contributed by atoms with Crippen LogP contribution in [-0.2, 0) is 27.3 Å². The van der Waals surface area contributed by atoms with E-state index >= 15 is 0 Å². The van der Waals surface area contributed by atoms with Crippen molar-refractivity contribution in [2.45, 2.75) is 47.1 Å². The number of nitrogens with one attached hydrogen (secondary N) is 1. The first-order chi connectivity index (χ1) is 13.8. The molecule has 0 spiro atoms. The number of hydrogen-bond donors (Lipinski definition) is 1. The SMILES string of the molecule is Cc1cc(C)n(CCCNC(=O)COC(=O)Cc2coc3cc(C)c(C)cc23)n1. The number of carbonyl (C=O) groups is 2. The molecule has 1 N–H and O–H groups in total. The Labute approximate surface area is 170 Å². The molecule has 0 atom stereocenters. The molecule has 3 rings (SSSR count). The Kier molecular flexibility index (Phi) is 6.36. The van der Waals surface area contributed by atoms with Gasteiger partial charge in [-0.3, -0.25) is 14.3 Å². The van der Waals surface area contributed by atoms with E-state index in [4.69, 9.17) is 9.15 Å². The Morgan fingerprint density at radius 1 is 1.14 bits per heavy atom. The Bertz CT molecular complexity index is 1030. The lowest BCUT2D eigenvalue weighted by Gasteiger charge is -2.07. The van der Waals surface area contributed by atoms with Crippen molar-refractivity contribution in [3.8, 4) is 0 Å². The zero-order valence-corrected chi connectivity index (χ0v) is 17.4. The number of esters is 1. The first-order valence-corrected chi connectivity index (χ1v) is 9.74. The van der Waals surface area contributed by atoms with Crippen molar-refractivity contribution in [2.24, 2.45) is 0 Å². The summed E-state index contributed by atoms with van der Waals surface area (Å²) in [5.41, 5.74) is 5.85. The molecule has 154 valence electrons. The van der Waals surface area contributed by atoms with Crippen molar-refractivity contribution in [1.82, 2.24) is 15.1 Å². The minimum absolute atomic E-state index is 0.0701. The summed E-state index contributed by atoms with van der Waals surface area (Å²) >= 11 is 0. The standard InChI is InChI=1S/C22H27N3O4/c1-14-8-19-18(12-28-20(19)9-15(14)2)11-22(27)29-13-21(26)23-6-5-7-25-17(4)10-16(3)24-25/h8-10,12H,5-7,11,13H2,1-4H3,(H,23,26). The van der Waals surface area contributed by atoms with Crippen molar-refractivity contribution >= 4 is 22.8 Å². The van der Waals surface area contributed by atoms with Crippen molar-refractivity contribution < 1.29 is 18.7 Å². The third-order valence-corrected chi connectivity index (χ3v) is 4.94. The molecule has 0 fully saturated rings. The monoisotopic (exact) mass is 397 g/mol. The second-order valence-corrected chi connectivity index (χ2v) is 7.38. The van der Waals surface area contributed by atoms with Gasteiger partial charge >= 0.3 is 5.97 Å². The number of fused-ring (bicyclic) bond motifs is 1. The van der Waals surface area contributed by atoms with Gasteiger partial charge < -0.3 is 14.5 Å². The van der Waals surface area contributed by atoms with Gasteiger partial charge in [-0.2, -0.15) is 5.10 Å². The maximum Gasteiger partial charge on any atom is 0.310 e. The second kappa shape index (κ2) is 8.94. The predicted octanol–water partition coefficient (Wildman–Crippen LogP) is 3.16. The highest BCUT2D eigenvalue weighted by atomic mass is 16.5. The molecule has 0 saturated carbocycles. The zero-order chi connectivity index (χ0) is 21.0. The third kappa shape index (κ3) is 5.25. The van der Waals surface area contributed by atoms with E-state index in [0.717, 1.165) is 52.0 Å². The number of ether oxygens (including phenoxy) is 1. The predicted molar refractivity (Wildman–Crippen MR) is 110 cm³/mol. The number of hydrogen-bond acceptors (Lipinski definition) is 5. The number of benzene rings is 1. The maximum atomic E-state index is 12.1. The molecule has 2 aromatic heterocycles. The second-order valence-electron chi connectivity index (χ2n) is 7.38. The summed E-state index contributed by atoms with van der Waals surface area (Å²) in [5, 5.41) is 8.04. The average molecular weight is 397 g/mol. The first kappa shape index (κ1) is 20.6. The van der Waals surface area contributed by atoms with Gasteiger partial charge in [0.1, 0.15) is 5.58 Å². The van der Waals surface area contributed by atoms with E-state index in [1.54, 1.807) is 6.26 Å². The van der Waals surface area contributed by atoms with Crippen LogP contribution in [0, 0.1) is 27.7 Å². The van der Waals surface area contributed by atoms with Crippen LogP contribution >= 0.6 is 0 Å².